The molecule has 3 aromatic carbocycles. The Morgan fingerprint density at radius 1 is 0.947 bits per heavy atom. The third-order valence-electron chi connectivity index (χ3n) is 6.04. The molecule has 1 heterocycles. The molecule has 38 heavy (non-hydrogen) atoms. The third kappa shape index (κ3) is 6.06. The molecular weight excluding hydrogens is 564 g/mol. The first kappa shape index (κ1) is 27.3. The number of hydrogen-bond acceptors (Lipinski definition) is 4. The fourth-order valence-corrected chi connectivity index (χ4v) is 6.22. The summed E-state index contributed by atoms with van der Waals surface area (Å²) in [7, 11) is -3.99. The highest BCUT2D eigenvalue weighted by molar-refractivity contribution is 9.10. The predicted molar refractivity (Wildman–Crippen MR) is 156 cm³/mol. The van der Waals surface area contributed by atoms with Gasteiger partial charge in [-0.1, -0.05) is 46.3 Å². The number of aryl methyl sites for hydroxylation is 3. The molecule has 1 aromatic heterocycles. The number of amides is 1. The Hall–Kier alpha value is -3.69. The van der Waals surface area contributed by atoms with Gasteiger partial charge in [0.1, 0.15) is 6.54 Å². The van der Waals surface area contributed by atoms with Crippen LogP contribution in [0.2, 0.25) is 0 Å². The van der Waals surface area contributed by atoms with E-state index in [0.29, 0.717) is 10.2 Å². The molecule has 7 nitrogen and oxygen atoms in total. The van der Waals surface area contributed by atoms with Crippen molar-refractivity contribution in [3.05, 3.63) is 111 Å². The van der Waals surface area contributed by atoms with Crippen molar-refractivity contribution >= 4 is 43.8 Å². The molecule has 196 valence electrons. The molecule has 0 unspecified atom stereocenters. The lowest BCUT2D eigenvalue weighted by molar-refractivity contribution is -0.119. The molecule has 1 N–H and O–H groups in total. The van der Waals surface area contributed by atoms with Crippen molar-refractivity contribution < 1.29 is 13.2 Å². The van der Waals surface area contributed by atoms with Crippen LogP contribution in [0.15, 0.2) is 93.3 Å². The Morgan fingerprint density at radius 2 is 1.63 bits per heavy atom. The Bertz CT molecular complexity index is 1590. The standard InChI is InChI=1S/C29H29BrN4O3S/c1-20-13-21(2)15-27(14-20)34-22(3)16-24(23(34)4)18-31-32-29(35)19-33(26-10-8-9-25(30)17-26)38(36,37)28-11-6-5-7-12-28/h5-18H,19H2,1-4H3,(H,32,35)/b31-18+. The van der Waals surface area contributed by atoms with Crippen LogP contribution in [-0.4, -0.2) is 31.7 Å². The van der Waals surface area contributed by atoms with Crippen LogP contribution in [0, 0.1) is 27.7 Å². The second-order valence-corrected chi connectivity index (χ2v) is 11.9. The second-order valence-electron chi connectivity index (χ2n) is 9.11. The summed E-state index contributed by atoms with van der Waals surface area (Å²) in [6, 6.07) is 23.2. The van der Waals surface area contributed by atoms with Gasteiger partial charge in [0.2, 0.25) is 0 Å². The first-order valence-corrected chi connectivity index (χ1v) is 14.2. The van der Waals surface area contributed by atoms with Crippen LogP contribution in [0.1, 0.15) is 28.1 Å². The van der Waals surface area contributed by atoms with Gasteiger partial charge < -0.3 is 4.57 Å². The van der Waals surface area contributed by atoms with E-state index in [-0.39, 0.29) is 4.90 Å². The second kappa shape index (κ2) is 11.4. The van der Waals surface area contributed by atoms with Gasteiger partial charge in [0.15, 0.2) is 0 Å². The number of carbonyl (C=O) groups excluding carboxylic acids is 1. The van der Waals surface area contributed by atoms with Crippen LogP contribution in [0.3, 0.4) is 0 Å². The number of carbonyl (C=O) groups is 1. The highest BCUT2D eigenvalue weighted by Gasteiger charge is 2.27. The monoisotopic (exact) mass is 592 g/mol. The van der Waals surface area contributed by atoms with Crippen LogP contribution in [-0.2, 0) is 14.8 Å². The molecule has 0 saturated carbocycles. The fourth-order valence-electron chi connectivity index (χ4n) is 4.40. The van der Waals surface area contributed by atoms with Crippen LogP contribution in [0.5, 0.6) is 0 Å². The summed E-state index contributed by atoms with van der Waals surface area (Å²) in [4.78, 5) is 13.0. The molecule has 4 aromatic rings. The van der Waals surface area contributed by atoms with Crippen molar-refractivity contribution in [2.45, 2.75) is 32.6 Å². The maximum absolute atomic E-state index is 13.4. The molecule has 0 atom stereocenters. The summed E-state index contributed by atoms with van der Waals surface area (Å²) in [5.74, 6) is -0.566. The highest BCUT2D eigenvalue weighted by Crippen LogP contribution is 2.26. The maximum atomic E-state index is 13.4. The topological polar surface area (TPSA) is 83.8 Å². The van der Waals surface area contributed by atoms with E-state index < -0.39 is 22.5 Å². The minimum absolute atomic E-state index is 0.0927. The first-order chi connectivity index (χ1) is 18.1. The van der Waals surface area contributed by atoms with Crippen molar-refractivity contribution in [2.24, 2.45) is 5.10 Å². The minimum atomic E-state index is -3.99. The van der Waals surface area contributed by atoms with E-state index in [4.69, 9.17) is 0 Å². The normalized spacial score (nSPS) is 11.6. The Morgan fingerprint density at radius 3 is 2.29 bits per heavy atom. The summed E-state index contributed by atoms with van der Waals surface area (Å²) in [5.41, 5.74) is 9.13. The van der Waals surface area contributed by atoms with E-state index in [2.05, 4.69) is 63.1 Å². The van der Waals surface area contributed by atoms with Crippen LogP contribution < -0.4 is 9.73 Å². The number of hydrogen-bond donors (Lipinski definition) is 1. The zero-order valence-electron chi connectivity index (χ0n) is 21.6. The van der Waals surface area contributed by atoms with E-state index in [1.54, 1.807) is 48.7 Å². The zero-order valence-corrected chi connectivity index (χ0v) is 24.0. The van der Waals surface area contributed by atoms with Gasteiger partial charge in [-0.3, -0.25) is 9.10 Å². The quantitative estimate of drug-likeness (QED) is 0.207. The van der Waals surface area contributed by atoms with Crippen molar-refractivity contribution in [1.82, 2.24) is 9.99 Å². The number of aromatic nitrogens is 1. The van der Waals surface area contributed by atoms with E-state index in [1.807, 2.05) is 19.9 Å². The predicted octanol–water partition coefficient (Wildman–Crippen LogP) is 5.82. The van der Waals surface area contributed by atoms with Gasteiger partial charge in [-0.15, -0.1) is 0 Å². The minimum Gasteiger partial charge on any atom is -0.318 e. The molecule has 0 spiro atoms. The summed E-state index contributed by atoms with van der Waals surface area (Å²) >= 11 is 3.38. The largest absolute Gasteiger partial charge is 0.318 e. The molecule has 1 amide bonds. The molecule has 0 aliphatic heterocycles. The summed E-state index contributed by atoms with van der Waals surface area (Å²) in [5, 5.41) is 4.14. The average Bonchev–Trinajstić information content (AvgIpc) is 3.15. The fraction of sp³-hybridized carbons (Fsp3) is 0.172. The van der Waals surface area contributed by atoms with Gasteiger partial charge >= 0.3 is 0 Å². The van der Waals surface area contributed by atoms with Crippen molar-refractivity contribution in [3.63, 3.8) is 0 Å². The number of nitrogens with one attached hydrogen (secondary N) is 1. The van der Waals surface area contributed by atoms with E-state index in [1.165, 1.54) is 23.3 Å². The van der Waals surface area contributed by atoms with Gasteiger partial charge in [-0.25, -0.2) is 13.8 Å². The number of hydrazone groups is 1. The number of rotatable bonds is 8. The van der Waals surface area contributed by atoms with Crippen molar-refractivity contribution in [1.29, 1.82) is 0 Å². The van der Waals surface area contributed by atoms with Gasteiger partial charge in [0, 0.05) is 27.1 Å². The van der Waals surface area contributed by atoms with Crippen LogP contribution in [0.4, 0.5) is 5.69 Å². The Labute approximate surface area is 232 Å². The number of sulfonamides is 1. The molecule has 9 heteroatoms. The lowest BCUT2D eigenvalue weighted by Gasteiger charge is -2.23. The molecule has 0 radical (unpaired) electrons. The molecule has 4 rings (SSSR count). The SMILES string of the molecule is Cc1cc(C)cc(-n2c(C)cc(/C=N/NC(=O)CN(c3cccc(Br)c3)S(=O)(=O)c3ccccc3)c2C)c1. The van der Waals surface area contributed by atoms with Crippen LogP contribution in [0.25, 0.3) is 5.69 Å². The molecule has 0 fully saturated rings. The van der Waals surface area contributed by atoms with E-state index >= 15 is 0 Å². The smallest absolute Gasteiger partial charge is 0.264 e. The Balaban J connectivity index is 1.55. The van der Waals surface area contributed by atoms with E-state index in [9.17, 15) is 13.2 Å². The van der Waals surface area contributed by atoms with E-state index in [0.717, 1.165) is 26.9 Å². The number of benzene rings is 3. The number of halogens is 1. The molecule has 0 aliphatic carbocycles. The van der Waals surface area contributed by atoms with Gasteiger partial charge in [-0.2, -0.15) is 5.10 Å². The number of anilines is 1. The molecular formula is C29H29BrN4O3S. The summed E-state index contributed by atoms with van der Waals surface area (Å²) in [6.45, 7) is 7.71. The first-order valence-electron chi connectivity index (χ1n) is 12.0. The zero-order chi connectivity index (χ0) is 27.4. The van der Waals surface area contributed by atoms with Crippen molar-refractivity contribution in [2.75, 3.05) is 10.8 Å². The van der Waals surface area contributed by atoms with Gasteiger partial charge in [0.25, 0.3) is 15.9 Å². The van der Waals surface area contributed by atoms with Gasteiger partial charge in [0.05, 0.1) is 16.8 Å². The lowest BCUT2D eigenvalue weighted by Crippen LogP contribution is -2.39. The lowest BCUT2D eigenvalue weighted by atomic mass is 10.1. The Kier molecular flexibility index (Phi) is 8.18. The number of nitrogens with zero attached hydrogens (tertiary/aromatic N) is 3. The molecule has 0 aliphatic rings. The molecule has 0 bridgehead atoms. The van der Waals surface area contributed by atoms with Gasteiger partial charge in [-0.05, 0) is 87.4 Å². The highest BCUT2D eigenvalue weighted by atomic mass is 79.9. The molecule has 0 saturated heterocycles. The maximum Gasteiger partial charge on any atom is 0.264 e. The van der Waals surface area contributed by atoms with Crippen LogP contribution >= 0.6 is 15.9 Å². The third-order valence-corrected chi connectivity index (χ3v) is 8.32. The average molecular weight is 594 g/mol. The summed E-state index contributed by atoms with van der Waals surface area (Å²) in [6.07, 6.45) is 1.58. The van der Waals surface area contributed by atoms with Crippen molar-refractivity contribution in [3.8, 4) is 5.69 Å². The summed E-state index contributed by atoms with van der Waals surface area (Å²) < 4.78 is 30.8.